The Kier molecular flexibility index (Phi) is 5.73. The second-order valence-corrected chi connectivity index (χ2v) is 7.43. The molecule has 3 aromatic rings. The number of aryl methyl sites for hydroxylation is 4. The Balaban J connectivity index is 2.08. The minimum Gasteiger partial charge on any atom is -0.365 e. The van der Waals surface area contributed by atoms with E-state index in [9.17, 15) is 0 Å². The molecule has 2 heterocycles. The molecule has 144 valence electrons. The molecule has 1 atom stereocenters. The van der Waals surface area contributed by atoms with Crippen molar-refractivity contribution in [2.24, 2.45) is 0 Å². The predicted octanol–water partition coefficient (Wildman–Crippen LogP) is 4.82. The van der Waals surface area contributed by atoms with Crippen LogP contribution >= 0.6 is 0 Å². The van der Waals surface area contributed by atoms with Crippen LogP contribution in [0.5, 0.6) is 0 Å². The van der Waals surface area contributed by atoms with Crippen LogP contribution in [-0.2, 0) is 0 Å². The fourth-order valence-corrected chi connectivity index (χ4v) is 3.70. The molecule has 0 spiro atoms. The average molecular weight is 367 g/mol. The van der Waals surface area contributed by atoms with Crippen LogP contribution in [0.25, 0.3) is 16.9 Å². The van der Waals surface area contributed by atoms with Gasteiger partial charge < -0.3 is 5.32 Å². The maximum atomic E-state index is 4.66. The number of hydrogen-bond donors (Lipinski definition) is 1. The molecule has 0 saturated heterocycles. The molecule has 1 aromatic carbocycles. The van der Waals surface area contributed by atoms with E-state index in [-0.39, 0.29) is 0 Å². The summed E-state index contributed by atoms with van der Waals surface area (Å²) in [6, 6.07) is 4.72. The first-order valence-electron chi connectivity index (χ1n) is 9.89. The summed E-state index contributed by atoms with van der Waals surface area (Å²) < 4.78 is 1.85. The lowest BCUT2D eigenvalue weighted by atomic mass is 10.1. The monoisotopic (exact) mass is 366 g/mol. The highest BCUT2D eigenvalue weighted by atomic mass is 15.5. The fraction of sp³-hybridized carbons (Fsp3) is 0.524. The standard InChI is InChI=1S/C21H30N6/c1-7-9-10-17(8-2)24-20-18-21(23-16(6)22-20)27(26-25-18)19-14(4)11-13(3)12-15(19)5/h11-12,17H,7-10H2,1-6H3,(H,22,23,24). The highest BCUT2D eigenvalue weighted by Gasteiger charge is 2.18. The lowest BCUT2D eigenvalue weighted by Gasteiger charge is -2.17. The van der Waals surface area contributed by atoms with Crippen LogP contribution in [0, 0.1) is 27.7 Å². The maximum Gasteiger partial charge on any atom is 0.189 e. The number of unbranched alkanes of at least 4 members (excludes halogenated alkanes) is 1. The largest absolute Gasteiger partial charge is 0.365 e. The zero-order chi connectivity index (χ0) is 19.6. The summed E-state index contributed by atoms with van der Waals surface area (Å²) in [6.07, 6.45) is 4.57. The van der Waals surface area contributed by atoms with Crippen molar-refractivity contribution in [2.75, 3.05) is 5.32 Å². The second-order valence-electron chi connectivity index (χ2n) is 7.43. The van der Waals surface area contributed by atoms with Crippen molar-refractivity contribution in [3.8, 4) is 5.69 Å². The molecule has 1 unspecified atom stereocenters. The van der Waals surface area contributed by atoms with Gasteiger partial charge in [0.1, 0.15) is 5.82 Å². The molecule has 6 nitrogen and oxygen atoms in total. The van der Waals surface area contributed by atoms with E-state index in [1.54, 1.807) is 0 Å². The normalized spacial score (nSPS) is 12.5. The summed E-state index contributed by atoms with van der Waals surface area (Å²) in [5.74, 6) is 1.51. The van der Waals surface area contributed by atoms with Crippen LogP contribution in [0.3, 0.4) is 0 Å². The second kappa shape index (κ2) is 8.03. The number of rotatable bonds is 7. The smallest absolute Gasteiger partial charge is 0.189 e. The topological polar surface area (TPSA) is 68.5 Å². The molecular formula is C21H30N6. The van der Waals surface area contributed by atoms with Crippen LogP contribution < -0.4 is 5.32 Å². The van der Waals surface area contributed by atoms with E-state index in [0.717, 1.165) is 41.3 Å². The molecule has 0 aliphatic rings. The first-order chi connectivity index (χ1) is 12.9. The van der Waals surface area contributed by atoms with Gasteiger partial charge in [0.2, 0.25) is 0 Å². The lowest BCUT2D eigenvalue weighted by molar-refractivity contribution is 0.592. The van der Waals surface area contributed by atoms with Gasteiger partial charge >= 0.3 is 0 Å². The SMILES string of the molecule is CCCCC(CC)Nc1nc(C)nc2c1nnn2-c1c(C)cc(C)cc1C. The van der Waals surface area contributed by atoms with E-state index in [4.69, 9.17) is 0 Å². The van der Waals surface area contributed by atoms with Crippen LogP contribution in [-0.4, -0.2) is 31.0 Å². The quantitative estimate of drug-likeness (QED) is 0.649. The van der Waals surface area contributed by atoms with Gasteiger partial charge in [0.25, 0.3) is 0 Å². The van der Waals surface area contributed by atoms with Crippen molar-refractivity contribution >= 4 is 17.0 Å². The van der Waals surface area contributed by atoms with Gasteiger partial charge in [-0.3, -0.25) is 0 Å². The first kappa shape index (κ1) is 19.3. The number of hydrogen-bond acceptors (Lipinski definition) is 5. The van der Waals surface area contributed by atoms with Gasteiger partial charge in [-0.2, -0.15) is 4.68 Å². The van der Waals surface area contributed by atoms with Gasteiger partial charge in [0.05, 0.1) is 5.69 Å². The van der Waals surface area contributed by atoms with Crippen LogP contribution in [0.15, 0.2) is 12.1 Å². The van der Waals surface area contributed by atoms with E-state index in [1.165, 1.54) is 29.5 Å². The molecule has 6 heteroatoms. The Hall–Kier alpha value is -2.50. The molecule has 0 aliphatic heterocycles. The Labute approximate surface area is 161 Å². The van der Waals surface area contributed by atoms with E-state index in [1.807, 2.05) is 11.6 Å². The van der Waals surface area contributed by atoms with Gasteiger partial charge in [-0.25, -0.2) is 9.97 Å². The van der Waals surface area contributed by atoms with Gasteiger partial charge in [-0.15, -0.1) is 5.10 Å². The van der Waals surface area contributed by atoms with Crippen LogP contribution in [0.2, 0.25) is 0 Å². The Morgan fingerprint density at radius 3 is 2.37 bits per heavy atom. The molecule has 0 radical (unpaired) electrons. The summed E-state index contributed by atoms with van der Waals surface area (Å²) in [5.41, 5.74) is 6.11. The van der Waals surface area contributed by atoms with E-state index >= 15 is 0 Å². The highest BCUT2D eigenvalue weighted by Crippen LogP contribution is 2.26. The molecule has 27 heavy (non-hydrogen) atoms. The van der Waals surface area contributed by atoms with Crippen molar-refractivity contribution in [2.45, 2.75) is 73.3 Å². The number of benzene rings is 1. The molecule has 0 bridgehead atoms. The number of nitrogens with one attached hydrogen (secondary N) is 1. The van der Waals surface area contributed by atoms with Gasteiger partial charge in [0.15, 0.2) is 17.0 Å². The summed E-state index contributed by atoms with van der Waals surface area (Å²) in [6.45, 7) is 12.7. The molecule has 3 rings (SSSR count). The number of fused-ring (bicyclic) bond motifs is 1. The van der Waals surface area contributed by atoms with Gasteiger partial charge in [-0.05, 0) is 51.7 Å². The number of anilines is 1. The van der Waals surface area contributed by atoms with Crippen molar-refractivity contribution in [3.63, 3.8) is 0 Å². The molecule has 0 saturated carbocycles. The summed E-state index contributed by atoms with van der Waals surface area (Å²) in [5, 5.41) is 12.5. The van der Waals surface area contributed by atoms with Gasteiger partial charge in [0, 0.05) is 6.04 Å². The zero-order valence-corrected chi connectivity index (χ0v) is 17.3. The number of aromatic nitrogens is 5. The predicted molar refractivity (Wildman–Crippen MR) is 111 cm³/mol. The summed E-state index contributed by atoms with van der Waals surface area (Å²) in [4.78, 5) is 9.28. The van der Waals surface area contributed by atoms with Crippen molar-refractivity contribution in [1.29, 1.82) is 0 Å². The van der Waals surface area contributed by atoms with E-state index in [0.29, 0.717) is 6.04 Å². The van der Waals surface area contributed by atoms with Gasteiger partial charge in [-0.1, -0.05) is 49.6 Å². The zero-order valence-electron chi connectivity index (χ0n) is 17.3. The lowest BCUT2D eigenvalue weighted by Crippen LogP contribution is -2.19. The Morgan fingerprint density at radius 1 is 1.04 bits per heavy atom. The van der Waals surface area contributed by atoms with Crippen LogP contribution in [0.1, 0.15) is 62.0 Å². The number of nitrogens with zero attached hydrogens (tertiary/aromatic N) is 5. The molecular weight excluding hydrogens is 336 g/mol. The first-order valence-corrected chi connectivity index (χ1v) is 9.89. The van der Waals surface area contributed by atoms with E-state index < -0.39 is 0 Å². The van der Waals surface area contributed by atoms with Crippen molar-refractivity contribution in [1.82, 2.24) is 25.0 Å². The highest BCUT2D eigenvalue weighted by molar-refractivity contribution is 5.83. The Bertz CT molecular complexity index is 920. The minimum atomic E-state index is 0.385. The molecule has 0 amide bonds. The molecule has 0 aliphatic carbocycles. The molecule has 0 fully saturated rings. The van der Waals surface area contributed by atoms with Crippen LogP contribution in [0.4, 0.5) is 5.82 Å². The van der Waals surface area contributed by atoms with Crippen molar-refractivity contribution < 1.29 is 0 Å². The van der Waals surface area contributed by atoms with Crippen molar-refractivity contribution in [3.05, 3.63) is 34.6 Å². The third-order valence-corrected chi connectivity index (χ3v) is 5.00. The fourth-order valence-electron chi connectivity index (χ4n) is 3.70. The van der Waals surface area contributed by atoms with E-state index in [2.05, 4.69) is 72.3 Å². The third-order valence-electron chi connectivity index (χ3n) is 5.00. The third kappa shape index (κ3) is 3.94. The Morgan fingerprint density at radius 2 is 1.74 bits per heavy atom. The summed E-state index contributed by atoms with van der Waals surface area (Å²) in [7, 11) is 0. The average Bonchev–Trinajstić information content (AvgIpc) is 3.01. The molecule has 2 aromatic heterocycles. The minimum absolute atomic E-state index is 0.385. The maximum absolute atomic E-state index is 4.66. The summed E-state index contributed by atoms with van der Waals surface area (Å²) >= 11 is 0. The molecule has 1 N–H and O–H groups in total.